The normalized spacial score (nSPS) is 10.4. The Labute approximate surface area is 129 Å². The highest BCUT2D eigenvalue weighted by Crippen LogP contribution is 2.13. The summed E-state index contributed by atoms with van der Waals surface area (Å²) in [6.45, 7) is 2.55. The number of nitrogens with zero attached hydrogens (tertiary/aromatic N) is 2. The Morgan fingerprint density at radius 2 is 1.86 bits per heavy atom. The summed E-state index contributed by atoms with van der Waals surface area (Å²) in [6.07, 6.45) is 3.52. The fourth-order valence-corrected chi connectivity index (χ4v) is 2.26. The van der Waals surface area contributed by atoms with E-state index < -0.39 is 0 Å². The molecular formula is C18H17N3O. The number of carbonyl (C=O) groups excluding carboxylic acids is 1. The Balaban J connectivity index is 1.77. The summed E-state index contributed by atoms with van der Waals surface area (Å²) in [7, 11) is 0. The van der Waals surface area contributed by atoms with E-state index in [-0.39, 0.29) is 5.91 Å². The highest BCUT2D eigenvalue weighted by Gasteiger charge is 2.12. The fraction of sp³-hybridized carbons (Fsp3) is 0.111. The molecule has 0 bridgehead atoms. The van der Waals surface area contributed by atoms with Crippen LogP contribution in [0, 0.1) is 6.92 Å². The number of aryl methyl sites for hydroxylation is 1. The number of hydrogen-bond donors (Lipinski definition) is 1. The maximum Gasteiger partial charge on any atom is 0.253 e. The molecular weight excluding hydrogens is 274 g/mol. The molecule has 0 saturated carbocycles. The summed E-state index contributed by atoms with van der Waals surface area (Å²) >= 11 is 0. The van der Waals surface area contributed by atoms with Gasteiger partial charge in [-0.25, -0.2) is 4.68 Å². The molecule has 3 aromatic rings. The lowest BCUT2D eigenvalue weighted by Crippen LogP contribution is -2.24. The van der Waals surface area contributed by atoms with Crippen molar-refractivity contribution >= 4 is 5.91 Å². The molecule has 1 amide bonds. The van der Waals surface area contributed by atoms with Gasteiger partial charge in [0.05, 0.1) is 11.3 Å². The number of hydrogen-bond acceptors (Lipinski definition) is 2. The largest absolute Gasteiger partial charge is 0.348 e. The van der Waals surface area contributed by atoms with Crippen LogP contribution in [0.1, 0.15) is 21.5 Å². The van der Waals surface area contributed by atoms with Crippen molar-refractivity contribution in [1.82, 2.24) is 15.1 Å². The van der Waals surface area contributed by atoms with Crippen LogP contribution in [-0.4, -0.2) is 15.7 Å². The van der Waals surface area contributed by atoms with Gasteiger partial charge >= 0.3 is 0 Å². The average molecular weight is 291 g/mol. The highest BCUT2D eigenvalue weighted by atomic mass is 16.1. The van der Waals surface area contributed by atoms with E-state index in [1.54, 1.807) is 10.9 Å². The summed E-state index contributed by atoms with van der Waals surface area (Å²) < 4.78 is 1.70. The summed E-state index contributed by atoms with van der Waals surface area (Å²) in [4.78, 5) is 12.4. The Kier molecular flexibility index (Phi) is 4.01. The van der Waals surface area contributed by atoms with Crippen LogP contribution in [0.15, 0.2) is 67.0 Å². The van der Waals surface area contributed by atoms with Crippen LogP contribution >= 0.6 is 0 Å². The summed E-state index contributed by atoms with van der Waals surface area (Å²) in [5.74, 6) is -0.105. The minimum absolute atomic E-state index is 0.105. The summed E-state index contributed by atoms with van der Waals surface area (Å²) in [5.41, 5.74) is 3.67. The van der Waals surface area contributed by atoms with Crippen LogP contribution in [0.2, 0.25) is 0 Å². The van der Waals surface area contributed by atoms with Gasteiger partial charge in [-0.3, -0.25) is 4.79 Å². The number of amides is 1. The number of rotatable bonds is 4. The Morgan fingerprint density at radius 1 is 1.09 bits per heavy atom. The molecule has 0 spiro atoms. The topological polar surface area (TPSA) is 46.9 Å². The molecule has 0 atom stereocenters. The molecule has 0 radical (unpaired) electrons. The first-order chi connectivity index (χ1) is 10.7. The van der Waals surface area contributed by atoms with E-state index in [1.807, 2.05) is 67.7 Å². The number of carbonyl (C=O) groups is 1. The van der Waals surface area contributed by atoms with Crippen molar-refractivity contribution in [2.45, 2.75) is 13.5 Å². The maximum atomic E-state index is 12.4. The van der Waals surface area contributed by atoms with Gasteiger partial charge in [-0.1, -0.05) is 42.0 Å². The lowest BCUT2D eigenvalue weighted by atomic mass is 10.1. The van der Waals surface area contributed by atoms with Gasteiger partial charge in [0, 0.05) is 18.9 Å². The minimum atomic E-state index is -0.105. The van der Waals surface area contributed by atoms with Crippen LogP contribution < -0.4 is 5.32 Å². The highest BCUT2D eigenvalue weighted by molar-refractivity contribution is 5.97. The number of para-hydroxylation sites is 1. The summed E-state index contributed by atoms with van der Waals surface area (Å²) in [6, 6.07) is 17.4. The van der Waals surface area contributed by atoms with Crippen molar-refractivity contribution in [2.24, 2.45) is 0 Å². The molecule has 0 aliphatic heterocycles. The zero-order chi connectivity index (χ0) is 15.4. The van der Waals surface area contributed by atoms with E-state index in [1.165, 1.54) is 5.56 Å². The van der Waals surface area contributed by atoms with Gasteiger partial charge in [-0.2, -0.15) is 5.10 Å². The van der Waals surface area contributed by atoms with Crippen molar-refractivity contribution in [3.05, 3.63) is 83.7 Å². The molecule has 0 aliphatic rings. The minimum Gasteiger partial charge on any atom is -0.348 e. The van der Waals surface area contributed by atoms with Crippen molar-refractivity contribution in [3.63, 3.8) is 0 Å². The molecule has 1 N–H and O–H groups in total. The molecule has 1 aromatic heterocycles. The molecule has 2 aromatic carbocycles. The first-order valence-electron chi connectivity index (χ1n) is 7.17. The van der Waals surface area contributed by atoms with Crippen molar-refractivity contribution < 1.29 is 4.79 Å². The van der Waals surface area contributed by atoms with Crippen molar-refractivity contribution in [2.75, 3.05) is 0 Å². The molecule has 4 nitrogen and oxygen atoms in total. The molecule has 0 fully saturated rings. The molecule has 0 aliphatic carbocycles. The second-order valence-corrected chi connectivity index (χ2v) is 5.14. The summed E-state index contributed by atoms with van der Waals surface area (Å²) in [5, 5.41) is 7.15. The molecule has 4 heteroatoms. The molecule has 0 unspecified atom stereocenters. The van der Waals surface area contributed by atoms with Crippen LogP contribution in [0.25, 0.3) is 5.69 Å². The van der Waals surface area contributed by atoms with Crippen LogP contribution in [0.3, 0.4) is 0 Å². The van der Waals surface area contributed by atoms with Gasteiger partial charge < -0.3 is 5.32 Å². The molecule has 22 heavy (non-hydrogen) atoms. The van der Waals surface area contributed by atoms with Crippen LogP contribution in [0.5, 0.6) is 0 Å². The smallest absolute Gasteiger partial charge is 0.253 e. The van der Waals surface area contributed by atoms with E-state index in [0.717, 1.165) is 11.3 Å². The first kappa shape index (κ1) is 14.1. The molecule has 1 heterocycles. The van der Waals surface area contributed by atoms with E-state index in [2.05, 4.69) is 10.4 Å². The lowest BCUT2D eigenvalue weighted by Gasteiger charge is -2.10. The van der Waals surface area contributed by atoms with Crippen LogP contribution in [0.4, 0.5) is 0 Å². The fourth-order valence-electron chi connectivity index (χ4n) is 2.26. The third-order valence-electron chi connectivity index (χ3n) is 3.47. The van der Waals surface area contributed by atoms with E-state index in [4.69, 9.17) is 0 Å². The van der Waals surface area contributed by atoms with Gasteiger partial charge in [-0.15, -0.1) is 0 Å². The standard InChI is InChI=1S/C18H17N3O/c1-14-7-9-15(10-8-14)13-19-18(22)16-5-2-3-6-17(16)21-12-4-11-20-21/h2-12H,13H2,1H3,(H,19,22). The van der Waals surface area contributed by atoms with E-state index in [9.17, 15) is 4.79 Å². The second kappa shape index (κ2) is 6.26. The predicted octanol–water partition coefficient (Wildman–Crippen LogP) is 3.11. The maximum absolute atomic E-state index is 12.4. The second-order valence-electron chi connectivity index (χ2n) is 5.14. The van der Waals surface area contributed by atoms with Crippen molar-refractivity contribution in [1.29, 1.82) is 0 Å². The Morgan fingerprint density at radius 3 is 2.59 bits per heavy atom. The van der Waals surface area contributed by atoms with E-state index in [0.29, 0.717) is 12.1 Å². The lowest BCUT2D eigenvalue weighted by molar-refractivity contribution is 0.0951. The average Bonchev–Trinajstić information content (AvgIpc) is 3.08. The quantitative estimate of drug-likeness (QED) is 0.803. The number of benzene rings is 2. The zero-order valence-corrected chi connectivity index (χ0v) is 12.4. The van der Waals surface area contributed by atoms with Gasteiger partial charge in [0.2, 0.25) is 0 Å². The molecule has 0 saturated heterocycles. The first-order valence-corrected chi connectivity index (χ1v) is 7.17. The van der Waals surface area contributed by atoms with Gasteiger partial charge in [0.15, 0.2) is 0 Å². The SMILES string of the molecule is Cc1ccc(CNC(=O)c2ccccc2-n2cccn2)cc1. The monoisotopic (exact) mass is 291 g/mol. The predicted molar refractivity (Wildman–Crippen MR) is 85.9 cm³/mol. The number of aromatic nitrogens is 2. The van der Waals surface area contributed by atoms with Gasteiger partial charge in [0.25, 0.3) is 5.91 Å². The molecule has 110 valence electrons. The van der Waals surface area contributed by atoms with E-state index >= 15 is 0 Å². The third-order valence-corrected chi connectivity index (χ3v) is 3.47. The zero-order valence-electron chi connectivity index (χ0n) is 12.4. The van der Waals surface area contributed by atoms with Gasteiger partial charge in [0.1, 0.15) is 0 Å². The van der Waals surface area contributed by atoms with Crippen molar-refractivity contribution in [3.8, 4) is 5.69 Å². The third kappa shape index (κ3) is 3.06. The molecule has 3 rings (SSSR count). The Hall–Kier alpha value is -2.88. The van der Waals surface area contributed by atoms with Gasteiger partial charge in [-0.05, 0) is 30.7 Å². The number of nitrogens with one attached hydrogen (secondary N) is 1. The van der Waals surface area contributed by atoms with Crippen LogP contribution in [-0.2, 0) is 6.54 Å². The Bertz CT molecular complexity index is 761.